The number of aryl methyl sites for hydroxylation is 1. The van der Waals surface area contributed by atoms with E-state index in [9.17, 15) is 14.4 Å². The maximum atomic E-state index is 13.4. The first-order valence-electron chi connectivity index (χ1n) is 10.8. The maximum Gasteiger partial charge on any atom is 0.247 e. The minimum Gasteiger partial charge on any atom is -0.368 e. The van der Waals surface area contributed by atoms with Crippen LogP contribution in [0.1, 0.15) is 30.4 Å². The summed E-state index contributed by atoms with van der Waals surface area (Å²) < 4.78 is 0. The zero-order valence-electron chi connectivity index (χ0n) is 17.4. The lowest BCUT2D eigenvalue weighted by Crippen LogP contribution is -2.57. The second kappa shape index (κ2) is 8.73. The number of carbonyl (C=O) groups excluding carboxylic acids is 3. The quantitative estimate of drug-likeness (QED) is 0.520. The van der Waals surface area contributed by atoms with E-state index in [2.05, 4.69) is 40.2 Å². The molecule has 2 heterocycles. The van der Waals surface area contributed by atoms with Crippen LogP contribution in [0.2, 0.25) is 0 Å². The van der Waals surface area contributed by atoms with E-state index in [4.69, 9.17) is 5.73 Å². The smallest absolute Gasteiger partial charge is 0.247 e. The molecule has 162 valence electrons. The number of hydrogen-bond acceptors (Lipinski definition) is 5. The number of nitrogens with one attached hydrogen (secondary N) is 3. The minimum absolute atomic E-state index is 0.0177. The van der Waals surface area contributed by atoms with Crippen molar-refractivity contribution in [2.45, 2.75) is 50.4 Å². The molecule has 1 aliphatic carbocycles. The molecular weight excluding hydrogens is 382 g/mol. The summed E-state index contributed by atoms with van der Waals surface area (Å²) >= 11 is 0. The van der Waals surface area contributed by atoms with Crippen LogP contribution in [0.5, 0.6) is 0 Å². The standard InChI is InChI=1S/C22H31N5O3/c1-24-12-19(28)26-17-8-9-25-18-11-16(20(21(23)29)27(18)22(17)30)15-7-6-13-4-2-3-5-14(13)10-15/h2-5,15-18,20,24-25H,6-12H2,1H3,(H2,23,29)(H,26,28)/t15?,16?,17-,18+,20?/m0/s1. The second-order valence-corrected chi connectivity index (χ2v) is 8.67. The highest BCUT2D eigenvalue weighted by molar-refractivity contribution is 5.93. The van der Waals surface area contributed by atoms with Gasteiger partial charge in [0.15, 0.2) is 0 Å². The average molecular weight is 414 g/mol. The van der Waals surface area contributed by atoms with Gasteiger partial charge in [0, 0.05) is 0 Å². The molecule has 4 rings (SSSR count). The zero-order chi connectivity index (χ0) is 21.3. The summed E-state index contributed by atoms with van der Waals surface area (Å²) in [5.41, 5.74) is 8.55. The molecule has 3 unspecified atom stereocenters. The topological polar surface area (TPSA) is 117 Å². The van der Waals surface area contributed by atoms with Gasteiger partial charge in [-0.05, 0) is 68.7 Å². The molecular formula is C22H31N5O3. The first-order chi connectivity index (χ1) is 14.5. The van der Waals surface area contributed by atoms with E-state index >= 15 is 0 Å². The third-order valence-electron chi connectivity index (χ3n) is 6.86. The molecule has 2 saturated heterocycles. The van der Waals surface area contributed by atoms with Crippen LogP contribution >= 0.6 is 0 Å². The highest BCUT2D eigenvalue weighted by Crippen LogP contribution is 2.41. The summed E-state index contributed by atoms with van der Waals surface area (Å²) in [7, 11) is 1.68. The molecule has 0 bridgehead atoms. The summed E-state index contributed by atoms with van der Waals surface area (Å²) in [6.07, 6.45) is 3.86. The van der Waals surface area contributed by atoms with Crippen molar-refractivity contribution in [1.29, 1.82) is 0 Å². The van der Waals surface area contributed by atoms with Gasteiger partial charge in [0.05, 0.1) is 12.7 Å². The molecule has 1 aromatic rings. The van der Waals surface area contributed by atoms with Crippen molar-refractivity contribution in [2.75, 3.05) is 20.1 Å². The molecule has 3 aliphatic rings. The fraction of sp³-hybridized carbons (Fsp3) is 0.591. The van der Waals surface area contributed by atoms with E-state index in [1.807, 2.05) is 0 Å². The Labute approximate surface area is 176 Å². The number of rotatable bonds is 5. The van der Waals surface area contributed by atoms with Crippen LogP contribution in [-0.2, 0) is 27.2 Å². The number of primary amides is 1. The Morgan fingerprint density at radius 3 is 2.73 bits per heavy atom. The highest BCUT2D eigenvalue weighted by Gasteiger charge is 2.51. The molecule has 30 heavy (non-hydrogen) atoms. The molecule has 1 aromatic carbocycles. The number of fused-ring (bicyclic) bond motifs is 2. The number of nitrogens with zero attached hydrogens (tertiary/aromatic N) is 1. The molecule has 2 aliphatic heterocycles. The van der Waals surface area contributed by atoms with Crippen molar-refractivity contribution in [3.63, 3.8) is 0 Å². The zero-order valence-corrected chi connectivity index (χ0v) is 17.4. The fourth-order valence-electron chi connectivity index (χ4n) is 5.50. The van der Waals surface area contributed by atoms with Crippen molar-refractivity contribution in [2.24, 2.45) is 17.6 Å². The Bertz CT molecular complexity index is 829. The molecule has 8 heteroatoms. The number of nitrogens with two attached hydrogens (primary N) is 1. The Balaban J connectivity index is 1.55. The summed E-state index contributed by atoms with van der Waals surface area (Å²) in [6.45, 7) is 0.743. The number of likely N-dealkylation sites (N-methyl/N-ethyl adjacent to an activating group) is 1. The van der Waals surface area contributed by atoms with Crippen LogP contribution in [0.3, 0.4) is 0 Å². The largest absolute Gasteiger partial charge is 0.368 e. The maximum absolute atomic E-state index is 13.4. The van der Waals surface area contributed by atoms with Crippen molar-refractivity contribution in [3.05, 3.63) is 35.4 Å². The van der Waals surface area contributed by atoms with Gasteiger partial charge in [0.1, 0.15) is 12.1 Å². The lowest BCUT2D eigenvalue weighted by molar-refractivity contribution is -0.143. The Hall–Kier alpha value is -2.45. The van der Waals surface area contributed by atoms with Crippen LogP contribution < -0.4 is 21.7 Å². The summed E-state index contributed by atoms with van der Waals surface area (Å²) in [5.74, 6) is -0.583. The number of hydrogen-bond donors (Lipinski definition) is 4. The van der Waals surface area contributed by atoms with Gasteiger partial charge in [-0.2, -0.15) is 0 Å². The van der Waals surface area contributed by atoms with Crippen molar-refractivity contribution in [1.82, 2.24) is 20.9 Å². The second-order valence-electron chi connectivity index (χ2n) is 8.67. The predicted molar refractivity (Wildman–Crippen MR) is 112 cm³/mol. The van der Waals surface area contributed by atoms with E-state index in [0.717, 1.165) is 19.3 Å². The SMILES string of the molecule is CNCC(=O)N[C@H]1CCN[C@H]2CC(C3CCc4ccccc4C3)C(C(N)=O)N2C1=O. The minimum atomic E-state index is -0.646. The van der Waals surface area contributed by atoms with Gasteiger partial charge in [-0.25, -0.2) is 0 Å². The number of benzene rings is 1. The average Bonchev–Trinajstić information content (AvgIpc) is 3.05. The normalized spacial score (nSPS) is 30.9. The van der Waals surface area contributed by atoms with Gasteiger partial charge in [-0.15, -0.1) is 0 Å². The van der Waals surface area contributed by atoms with E-state index in [1.54, 1.807) is 11.9 Å². The van der Waals surface area contributed by atoms with E-state index < -0.39 is 18.0 Å². The van der Waals surface area contributed by atoms with Crippen LogP contribution in [0.4, 0.5) is 0 Å². The van der Waals surface area contributed by atoms with Gasteiger partial charge < -0.3 is 21.3 Å². The summed E-state index contributed by atoms with van der Waals surface area (Å²) in [5, 5.41) is 9.01. The Morgan fingerprint density at radius 2 is 2.00 bits per heavy atom. The van der Waals surface area contributed by atoms with Crippen LogP contribution in [0.25, 0.3) is 0 Å². The Kier molecular flexibility index (Phi) is 6.06. The highest BCUT2D eigenvalue weighted by atomic mass is 16.2. The summed E-state index contributed by atoms with van der Waals surface area (Å²) in [4.78, 5) is 39.6. The summed E-state index contributed by atoms with van der Waals surface area (Å²) in [6, 6.07) is 7.16. The van der Waals surface area contributed by atoms with E-state index in [1.165, 1.54) is 11.1 Å². The molecule has 0 spiro atoms. The van der Waals surface area contributed by atoms with Crippen LogP contribution in [0.15, 0.2) is 24.3 Å². The number of carbonyl (C=O) groups is 3. The first-order valence-corrected chi connectivity index (χ1v) is 10.8. The third kappa shape index (κ3) is 3.94. The molecule has 3 amide bonds. The fourth-order valence-corrected chi connectivity index (χ4v) is 5.50. The third-order valence-corrected chi connectivity index (χ3v) is 6.86. The van der Waals surface area contributed by atoms with Gasteiger partial charge in [0.25, 0.3) is 0 Å². The predicted octanol–water partition coefficient (Wildman–Crippen LogP) is -0.482. The van der Waals surface area contributed by atoms with Gasteiger partial charge in [0.2, 0.25) is 17.7 Å². The van der Waals surface area contributed by atoms with Crippen molar-refractivity contribution in [3.8, 4) is 0 Å². The van der Waals surface area contributed by atoms with Crippen LogP contribution in [-0.4, -0.2) is 61.0 Å². The molecule has 0 saturated carbocycles. The van der Waals surface area contributed by atoms with Crippen LogP contribution in [0, 0.1) is 11.8 Å². The van der Waals surface area contributed by atoms with Crippen molar-refractivity contribution < 1.29 is 14.4 Å². The monoisotopic (exact) mass is 413 g/mol. The molecule has 0 aromatic heterocycles. The molecule has 5 N–H and O–H groups in total. The van der Waals surface area contributed by atoms with Gasteiger partial charge >= 0.3 is 0 Å². The molecule has 0 radical (unpaired) electrons. The van der Waals surface area contributed by atoms with E-state index in [0.29, 0.717) is 25.3 Å². The molecule has 2 fully saturated rings. The number of amides is 3. The molecule has 5 atom stereocenters. The Morgan fingerprint density at radius 1 is 1.23 bits per heavy atom. The first kappa shape index (κ1) is 20.8. The van der Waals surface area contributed by atoms with Gasteiger partial charge in [-0.1, -0.05) is 24.3 Å². The molecule has 8 nitrogen and oxygen atoms in total. The van der Waals surface area contributed by atoms with E-state index in [-0.39, 0.29) is 30.4 Å². The lowest BCUT2D eigenvalue weighted by Gasteiger charge is -2.34. The lowest BCUT2D eigenvalue weighted by atomic mass is 9.74. The van der Waals surface area contributed by atoms with Gasteiger partial charge in [-0.3, -0.25) is 19.7 Å². The van der Waals surface area contributed by atoms with Crippen molar-refractivity contribution >= 4 is 17.7 Å².